The molecule has 4 nitrogen and oxygen atoms in total. The van der Waals surface area contributed by atoms with Crippen molar-refractivity contribution in [2.45, 2.75) is 33.4 Å². The zero-order valence-electron chi connectivity index (χ0n) is 15.4. The molecule has 0 aliphatic carbocycles. The van der Waals surface area contributed by atoms with Crippen LogP contribution in [0.2, 0.25) is 0 Å². The Morgan fingerprint density at radius 3 is 2.08 bits per heavy atom. The number of methoxy groups -OCH3 is 3. The van der Waals surface area contributed by atoms with Crippen LogP contribution in [0.3, 0.4) is 0 Å². The molecule has 4 heteroatoms. The molecule has 0 radical (unpaired) electrons. The summed E-state index contributed by atoms with van der Waals surface area (Å²) in [6, 6.07) is 10.5. The first-order valence-electron chi connectivity index (χ1n) is 8.09. The van der Waals surface area contributed by atoms with Gasteiger partial charge < -0.3 is 19.5 Å². The second-order valence-electron chi connectivity index (χ2n) is 5.97. The van der Waals surface area contributed by atoms with Gasteiger partial charge in [-0.2, -0.15) is 0 Å². The molecule has 0 aromatic heterocycles. The molecule has 24 heavy (non-hydrogen) atoms. The van der Waals surface area contributed by atoms with Crippen LogP contribution in [-0.2, 0) is 6.54 Å². The van der Waals surface area contributed by atoms with Crippen LogP contribution >= 0.6 is 0 Å². The monoisotopic (exact) mass is 329 g/mol. The zero-order valence-corrected chi connectivity index (χ0v) is 15.4. The van der Waals surface area contributed by atoms with E-state index < -0.39 is 0 Å². The summed E-state index contributed by atoms with van der Waals surface area (Å²) in [5.41, 5.74) is 4.84. The minimum absolute atomic E-state index is 0.224. The van der Waals surface area contributed by atoms with Crippen molar-refractivity contribution in [1.29, 1.82) is 0 Å². The molecule has 130 valence electrons. The molecule has 0 aliphatic rings. The number of benzene rings is 2. The molecule has 0 bridgehead atoms. The molecule has 0 heterocycles. The molecule has 0 spiro atoms. The topological polar surface area (TPSA) is 39.7 Å². The van der Waals surface area contributed by atoms with Crippen molar-refractivity contribution in [1.82, 2.24) is 5.32 Å². The van der Waals surface area contributed by atoms with Crippen LogP contribution in [0.5, 0.6) is 17.2 Å². The lowest BCUT2D eigenvalue weighted by Gasteiger charge is -2.20. The maximum absolute atomic E-state index is 5.51. The summed E-state index contributed by atoms with van der Waals surface area (Å²) < 4.78 is 16.3. The third-order valence-corrected chi connectivity index (χ3v) is 4.30. The van der Waals surface area contributed by atoms with E-state index >= 15 is 0 Å². The van der Waals surface area contributed by atoms with Gasteiger partial charge in [-0.15, -0.1) is 0 Å². The third kappa shape index (κ3) is 4.01. The van der Waals surface area contributed by atoms with Crippen molar-refractivity contribution >= 4 is 0 Å². The highest BCUT2D eigenvalue weighted by molar-refractivity contribution is 5.50. The predicted molar refractivity (Wildman–Crippen MR) is 97.3 cm³/mol. The first-order valence-corrected chi connectivity index (χ1v) is 8.09. The number of hydrogen-bond acceptors (Lipinski definition) is 4. The van der Waals surface area contributed by atoms with E-state index in [1.165, 1.54) is 16.7 Å². The van der Waals surface area contributed by atoms with E-state index in [-0.39, 0.29) is 6.04 Å². The highest BCUT2D eigenvalue weighted by Crippen LogP contribution is 2.34. The Morgan fingerprint density at radius 2 is 1.54 bits per heavy atom. The largest absolute Gasteiger partial charge is 0.496 e. The van der Waals surface area contributed by atoms with Gasteiger partial charge in [0.05, 0.1) is 26.9 Å². The van der Waals surface area contributed by atoms with Crippen LogP contribution < -0.4 is 19.5 Å². The van der Waals surface area contributed by atoms with Crippen molar-refractivity contribution < 1.29 is 14.2 Å². The van der Waals surface area contributed by atoms with E-state index in [4.69, 9.17) is 14.2 Å². The molecule has 1 unspecified atom stereocenters. The van der Waals surface area contributed by atoms with Gasteiger partial charge in [0.2, 0.25) is 0 Å². The Bertz CT molecular complexity index is 672. The Hall–Kier alpha value is -2.20. The minimum Gasteiger partial charge on any atom is -0.496 e. The van der Waals surface area contributed by atoms with Gasteiger partial charge in [0, 0.05) is 24.7 Å². The smallest absolute Gasteiger partial charge is 0.130 e. The van der Waals surface area contributed by atoms with Gasteiger partial charge in [0.15, 0.2) is 0 Å². The van der Waals surface area contributed by atoms with Gasteiger partial charge in [-0.25, -0.2) is 0 Å². The Labute approximate surface area is 144 Å². The highest BCUT2D eigenvalue weighted by Gasteiger charge is 2.15. The van der Waals surface area contributed by atoms with Gasteiger partial charge in [-0.3, -0.25) is 0 Å². The Morgan fingerprint density at radius 1 is 0.917 bits per heavy atom. The van der Waals surface area contributed by atoms with Crippen LogP contribution in [0.4, 0.5) is 0 Å². The van der Waals surface area contributed by atoms with Crippen LogP contribution in [0, 0.1) is 13.8 Å². The fourth-order valence-electron chi connectivity index (χ4n) is 2.84. The first kappa shape index (κ1) is 18.1. The zero-order chi connectivity index (χ0) is 17.7. The van der Waals surface area contributed by atoms with Gasteiger partial charge in [-0.05, 0) is 31.9 Å². The van der Waals surface area contributed by atoms with Crippen molar-refractivity contribution in [3.05, 3.63) is 52.6 Å². The number of nitrogens with one attached hydrogen (secondary N) is 1. The fourth-order valence-corrected chi connectivity index (χ4v) is 2.84. The maximum Gasteiger partial charge on any atom is 0.130 e. The van der Waals surface area contributed by atoms with Crippen LogP contribution in [0.15, 0.2) is 30.3 Å². The summed E-state index contributed by atoms with van der Waals surface area (Å²) >= 11 is 0. The highest BCUT2D eigenvalue weighted by atomic mass is 16.5. The molecule has 2 aromatic carbocycles. The molecule has 0 aliphatic heterocycles. The summed E-state index contributed by atoms with van der Waals surface area (Å²) in [5, 5.41) is 3.57. The number of ether oxygens (including phenoxy) is 3. The van der Waals surface area contributed by atoms with E-state index in [9.17, 15) is 0 Å². The van der Waals surface area contributed by atoms with Crippen molar-refractivity contribution in [2.24, 2.45) is 0 Å². The SMILES string of the molecule is COc1cc(OC)c(CNC(C)c2cc(C)ccc2C)c(OC)c1. The van der Waals surface area contributed by atoms with E-state index in [0.717, 1.165) is 22.8 Å². The lowest BCUT2D eigenvalue weighted by Crippen LogP contribution is -2.20. The quantitative estimate of drug-likeness (QED) is 0.827. The number of rotatable bonds is 7. The van der Waals surface area contributed by atoms with Gasteiger partial charge in [0.25, 0.3) is 0 Å². The van der Waals surface area contributed by atoms with Crippen molar-refractivity contribution in [3.8, 4) is 17.2 Å². The summed E-state index contributed by atoms with van der Waals surface area (Å²) in [6.45, 7) is 7.07. The molecule has 0 fully saturated rings. The summed E-state index contributed by atoms with van der Waals surface area (Å²) in [6.07, 6.45) is 0. The normalized spacial score (nSPS) is 11.9. The molecule has 0 saturated carbocycles. The summed E-state index contributed by atoms with van der Waals surface area (Å²) in [5.74, 6) is 2.23. The molecular formula is C20H27NO3. The third-order valence-electron chi connectivity index (χ3n) is 4.30. The van der Waals surface area contributed by atoms with E-state index in [1.54, 1.807) is 21.3 Å². The molecular weight excluding hydrogens is 302 g/mol. The predicted octanol–water partition coefficient (Wildman–Crippen LogP) is 4.18. The Balaban J connectivity index is 2.23. The lowest BCUT2D eigenvalue weighted by atomic mass is 9.99. The van der Waals surface area contributed by atoms with Gasteiger partial charge in [-0.1, -0.05) is 23.8 Å². The number of aryl methyl sites for hydroxylation is 2. The molecule has 1 N–H and O–H groups in total. The summed E-state index contributed by atoms with van der Waals surface area (Å²) in [7, 11) is 4.95. The van der Waals surface area contributed by atoms with Crippen LogP contribution in [0.1, 0.15) is 35.2 Å². The molecule has 1 atom stereocenters. The minimum atomic E-state index is 0.224. The lowest BCUT2D eigenvalue weighted by molar-refractivity contribution is 0.365. The van der Waals surface area contributed by atoms with E-state index in [0.29, 0.717) is 6.54 Å². The second kappa shape index (κ2) is 8.06. The van der Waals surface area contributed by atoms with Crippen LogP contribution in [-0.4, -0.2) is 21.3 Å². The molecule has 0 saturated heterocycles. The van der Waals surface area contributed by atoms with Crippen LogP contribution in [0.25, 0.3) is 0 Å². The first-order chi connectivity index (χ1) is 11.5. The molecule has 0 amide bonds. The van der Waals surface area contributed by atoms with E-state index in [2.05, 4.69) is 44.3 Å². The van der Waals surface area contributed by atoms with Crippen molar-refractivity contribution in [2.75, 3.05) is 21.3 Å². The van der Waals surface area contributed by atoms with Crippen molar-refractivity contribution in [3.63, 3.8) is 0 Å². The second-order valence-corrected chi connectivity index (χ2v) is 5.97. The standard InChI is InChI=1S/C20H27NO3/c1-13-7-8-14(2)17(9-13)15(3)21-12-18-19(23-5)10-16(22-4)11-20(18)24-6/h7-11,15,21H,12H2,1-6H3. The maximum atomic E-state index is 5.51. The summed E-state index contributed by atoms with van der Waals surface area (Å²) in [4.78, 5) is 0. The van der Waals surface area contributed by atoms with E-state index in [1.807, 2.05) is 12.1 Å². The Kier molecular flexibility index (Phi) is 6.10. The number of hydrogen-bond donors (Lipinski definition) is 1. The van der Waals surface area contributed by atoms with Gasteiger partial charge in [0.1, 0.15) is 17.2 Å². The van der Waals surface area contributed by atoms with Gasteiger partial charge >= 0.3 is 0 Å². The fraction of sp³-hybridized carbons (Fsp3) is 0.400. The average molecular weight is 329 g/mol. The molecule has 2 rings (SSSR count). The molecule has 2 aromatic rings. The average Bonchev–Trinajstić information content (AvgIpc) is 2.60.